The zero-order valence-electron chi connectivity index (χ0n) is 17.1. The van der Waals surface area contributed by atoms with Crippen LogP contribution in [0.2, 0.25) is 5.02 Å². The van der Waals surface area contributed by atoms with Crippen molar-refractivity contribution < 1.29 is 23.9 Å². The zero-order chi connectivity index (χ0) is 22.4. The van der Waals surface area contributed by atoms with Crippen molar-refractivity contribution >= 4 is 46.5 Å². The molecule has 1 fully saturated rings. The average Bonchev–Trinajstić information content (AvgIpc) is 3.16. The first-order chi connectivity index (χ1) is 14.9. The lowest BCUT2D eigenvalue weighted by Gasteiger charge is -2.19. The summed E-state index contributed by atoms with van der Waals surface area (Å²) in [5.74, 6) is -0.908. The summed E-state index contributed by atoms with van der Waals surface area (Å²) in [7, 11) is 0. The van der Waals surface area contributed by atoms with Crippen molar-refractivity contribution in [2.24, 2.45) is 5.92 Å². The highest BCUT2D eigenvalue weighted by atomic mass is 35.5. The maximum absolute atomic E-state index is 12.8. The number of hydrogen-bond acceptors (Lipinski definition) is 5. The number of carbonyl (C=O) groups excluding carboxylic acids is 3. The molecule has 1 saturated heterocycles. The van der Waals surface area contributed by atoms with Crippen LogP contribution in [0.4, 0.5) is 5.69 Å². The molecule has 0 N–H and O–H groups in total. The maximum atomic E-state index is 12.8. The molecule has 2 aromatic rings. The number of ether oxygens (including phenoxy) is 2. The summed E-state index contributed by atoms with van der Waals surface area (Å²) in [4.78, 5) is 39.5. The van der Waals surface area contributed by atoms with Gasteiger partial charge in [-0.1, -0.05) is 11.6 Å². The van der Waals surface area contributed by atoms with Crippen LogP contribution in [0.3, 0.4) is 0 Å². The van der Waals surface area contributed by atoms with Crippen molar-refractivity contribution in [3.63, 3.8) is 0 Å². The Bertz CT molecular complexity index is 930. The van der Waals surface area contributed by atoms with E-state index in [0.29, 0.717) is 28.6 Å². The van der Waals surface area contributed by atoms with E-state index in [2.05, 4.69) is 0 Å². The minimum absolute atomic E-state index is 0.0226. The van der Waals surface area contributed by atoms with Crippen LogP contribution in [-0.4, -0.2) is 42.8 Å². The first kappa shape index (κ1) is 23.1. The number of Topliss-reactive ketones (excluding diaryl/α,β-unsaturated/α-hetero) is 1. The normalized spacial score (nSPS) is 16.8. The number of hydrogen-bond donors (Lipinski definition) is 0. The Morgan fingerprint density at radius 2 is 1.81 bits per heavy atom. The van der Waals surface area contributed by atoms with Gasteiger partial charge in [0.05, 0.1) is 12.5 Å². The number of alkyl halides is 1. The number of halogens is 2. The van der Waals surface area contributed by atoms with Crippen molar-refractivity contribution in [3.8, 4) is 5.75 Å². The van der Waals surface area contributed by atoms with Crippen molar-refractivity contribution in [1.29, 1.82) is 0 Å². The molecule has 1 amide bonds. The fourth-order valence-electron chi connectivity index (χ4n) is 3.38. The van der Waals surface area contributed by atoms with Crippen LogP contribution < -0.4 is 9.64 Å². The molecule has 0 aromatic heterocycles. The number of rotatable bonds is 9. The van der Waals surface area contributed by atoms with E-state index < -0.39 is 18.0 Å². The van der Waals surface area contributed by atoms with E-state index in [1.807, 2.05) is 6.92 Å². The molecule has 8 heteroatoms. The summed E-state index contributed by atoms with van der Waals surface area (Å²) >= 11 is 11.7. The number of amides is 1. The second-order valence-corrected chi connectivity index (χ2v) is 7.92. The first-order valence-electron chi connectivity index (χ1n) is 10.0. The predicted molar refractivity (Wildman–Crippen MR) is 119 cm³/mol. The number of esters is 1. The van der Waals surface area contributed by atoms with Crippen molar-refractivity contribution in [3.05, 3.63) is 59.1 Å². The molecule has 164 valence electrons. The fraction of sp³-hybridized carbons (Fsp3) is 0.348. The summed E-state index contributed by atoms with van der Waals surface area (Å²) in [6.45, 7) is 2.63. The summed E-state index contributed by atoms with van der Waals surface area (Å²) in [6.07, 6.45) is -0.812. The van der Waals surface area contributed by atoms with Gasteiger partial charge in [0.25, 0.3) is 0 Å². The molecular weight excluding hydrogens is 441 g/mol. The molecule has 1 aliphatic heterocycles. The molecule has 0 radical (unpaired) electrons. The molecule has 0 aliphatic carbocycles. The molecule has 31 heavy (non-hydrogen) atoms. The van der Waals surface area contributed by atoms with E-state index in [-0.39, 0.29) is 37.0 Å². The van der Waals surface area contributed by atoms with E-state index in [9.17, 15) is 14.4 Å². The first-order valence-corrected chi connectivity index (χ1v) is 10.9. The van der Waals surface area contributed by atoms with Gasteiger partial charge in [-0.05, 0) is 55.5 Å². The summed E-state index contributed by atoms with van der Waals surface area (Å²) in [6, 6.07) is 13.4. The van der Waals surface area contributed by atoms with Gasteiger partial charge in [-0.3, -0.25) is 14.4 Å². The summed E-state index contributed by atoms with van der Waals surface area (Å²) < 4.78 is 10.9. The summed E-state index contributed by atoms with van der Waals surface area (Å²) in [5, 5.41) is 0.501. The van der Waals surface area contributed by atoms with Crippen LogP contribution in [-0.2, 0) is 14.3 Å². The van der Waals surface area contributed by atoms with E-state index >= 15 is 0 Å². The number of anilines is 1. The zero-order valence-corrected chi connectivity index (χ0v) is 18.6. The molecule has 1 heterocycles. The van der Waals surface area contributed by atoms with Crippen molar-refractivity contribution in [2.45, 2.75) is 25.9 Å². The van der Waals surface area contributed by atoms with Crippen LogP contribution in [0.15, 0.2) is 48.5 Å². The monoisotopic (exact) mass is 463 g/mol. The molecule has 0 bridgehead atoms. The van der Waals surface area contributed by atoms with E-state index in [1.54, 1.807) is 53.4 Å². The maximum Gasteiger partial charge on any atom is 0.312 e. The van der Waals surface area contributed by atoms with Crippen molar-refractivity contribution in [2.75, 3.05) is 23.9 Å². The van der Waals surface area contributed by atoms with Gasteiger partial charge in [0.2, 0.25) is 11.7 Å². The molecule has 1 aliphatic rings. The van der Waals surface area contributed by atoms with E-state index in [0.717, 1.165) is 0 Å². The number of nitrogens with zero attached hydrogens (tertiary/aromatic N) is 1. The molecule has 2 aromatic carbocycles. The smallest absolute Gasteiger partial charge is 0.312 e. The minimum atomic E-state index is -1.01. The third-order valence-corrected chi connectivity index (χ3v) is 5.44. The Kier molecular flexibility index (Phi) is 7.93. The highest BCUT2D eigenvalue weighted by Crippen LogP contribution is 2.28. The Hall–Kier alpha value is -2.57. The largest absolute Gasteiger partial charge is 0.494 e. The Morgan fingerprint density at radius 1 is 1.13 bits per heavy atom. The third-order valence-electron chi connectivity index (χ3n) is 4.97. The molecule has 3 rings (SSSR count). The lowest BCUT2D eigenvalue weighted by molar-refractivity contribution is -0.151. The van der Waals surface area contributed by atoms with Gasteiger partial charge in [0.1, 0.15) is 5.75 Å². The second kappa shape index (κ2) is 10.6. The number of ketones is 1. The van der Waals surface area contributed by atoms with Crippen molar-refractivity contribution in [1.82, 2.24) is 0 Å². The standard InChI is InChI=1S/C23H23Cl2NO5/c1-2-30-19-9-7-18(8-10-19)26-14-16(13-21(26)27)23(29)31-20(11-12-24)22(28)15-3-5-17(25)6-4-15/h3-10,16,20H,2,11-14H2,1H3/t16-,20-/m0/s1. The Balaban J connectivity index is 1.66. The Morgan fingerprint density at radius 3 is 2.42 bits per heavy atom. The van der Waals surface area contributed by atoms with Crippen LogP contribution in [0.5, 0.6) is 5.75 Å². The number of carbonyl (C=O) groups is 3. The van der Waals surface area contributed by atoms with Crippen LogP contribution >= 0.6 is 23.2 Å². The van der Waals surface area contributed by atoms with E-state index in [1.165, 1.54) is 0 Å². The topological polar surface area (TPSA) is 72.9 Å². The van der Waals surface area contributed by atoms with Crippen LogP contribution in [0.1, 0.15) is 30.1 Å². The highest BCUT2D eigenvalue weighted by Gasteiger charge is 2.38. The lowest BCUT2D eigenvalue weighted by atomic mass is 10.0. The van der Waals surface area contributed by atoms with Gasteiger partial charge in [0.15, 0.2) is 6.10 Å². The predicted octanol–water partition coefficient (Wildman–Crippen LogP) is 4.52. The summed E-state index contributed by atoms with van der Waals surface area (Å²) in [5.41, 5.74) is 1.06. The highest BCUT2D eigenvalue weighted by molar-refractivity contribution is 6.30. The molecule has 6 nitrogen and oxygen atoms in total. The van der Waals surface area contributed by atoms with Gasteiger partial charge in [-0.25, -0.2) is 0 Å². The minimum Gasteiger partial charge on any atom is -0.494 e. The molecule has 2 atom stereocenters. The molecule has 0 unspecified atom stereocenters. The van der Waals surface area contributed by atoms with Gasteiger partial charge < -0.3 is 14.4 Å². The van der Waals surface area contributed by atoms with Gasteiger partial charge in [-0.15, -0.1) is 11.6 Å². The Labute approximate surface area is 191 Å². The van der Waals surface area contributed by atoms with Crippen LogP contribution in [0.25, 0.3) is 0 Å². The average molecular weight is 464 g/mol. The SMILES string of the molecule is CCOc1ccc(N2C[C@@H](C(=O)O[C@@H](CCCl)C(=O)c3ccc(Cl)cc3)CC2=O)cc1. The van der Waals surface area contributed by atoms with Crippen LogP contribution in [0, 0.1) is 5.92 Å². The molecule has 0 spiro atoms. The van der Waals surface area contributed by atoms with E-state index in [4.69, 9.17) is 32.7 Å². The fourth-order valence-corrected chi connectivity index (χ4v) is 3.71. The quantitative estimate of drug-likeness (QED) is 0.310. The van der Waals surface area contributed by atoms with Gasteiger partial charge in [0, 0.05) is 41.5 Å². The molecular formula is C23H23Cl2NO5. The third kappa shape index (κ3) is 5.77. The van der Waals surface area contributed by atoms with Gasteiger partial charge >= 0.3 is 5.97 Å². The lowest BCUT2D eigenvalue weighted by Crippen LogP contribution is -2.32. The molecule has 0 saturated carbocycles. The van der Waals surface area contributed by atoms with Gasteiger partial charge in [-0.2, -0.15) is 0 Å². The second-order valence-electron chi connectivity index (χ2n) is 7.11. The number of benzene rings is 2.